The number of rotatable bonds is 6. The molecule has 1 aliphatic carbocycles. The van der Waals surface area contributed by atoms with E-state index in [4.69, 9.17) is 11.6 Å². The average Bonchev–Trinajstić information content (AvgIpc) is 2.84. The molecule has 4 heteroatoms. The molecule has 1 aliphatic rings. The maximum atomic E-state index is 5.78. The smallest absolute Gasteiger partial charge is 0.0961 e. The molecule has 0 saturated heterocycles. The molecule has 1 fully saturated rings. The highest BCUT2D eigenvalue weighted by atomic mass is 35.5. The van der Waals surface area contributed by atoms with Crippen LogP contribution in [0.2, 0.25) is 5.02 Å². The van der Waals surface area contributed by atoms with Crippen molar-refractivity contribution >= 4 is 23.4 Å². The molecule has 2 nitrogen and oxygen atoms in total. The van der Waals surface area contributed by atoms with Crippen molar-refractivity contribution in [2.24, 2.45) is 5.92 Å². The predicted octanol–water partition coefficient (Wildman–Crippen LogP) is 3.61. The Bertz CT molecular complexity index is 323. The van der Waals surface area contributed by atoms with Gasteiger partial charge in [-0.05, 0) is 37.4 Å². The van der Waals surface area contributed by atoms with Gasteiger partial charge in [0.15, 0.2) is 0 Å². The quantitative estimate of drug-likeness (QED) is 0.631. The standard InChI is InChI=1S/C13H19ClN2S/c14-12-5-6-13(16-10-12)17-8-7-15-9-11-3-1-2-4-11/h5-6,10-11,15H,1-4,7-9H2. The van der Waals surface area contributed by atoms with Crippen LogP contribution in [0.3, 0.4) is 0 Å². The van der Waals surface area contributed by atoms with Gasteiger partial charge in [-0.25, -0.2) is 4.98 Å². The zero-order valence-electron chi connectivity index (χ0n) is 9.99. The molecule has 0 unspecified atom stereocenters. The Hall–Kier alpha value is -0.250. The summed E-state index contributed by atoms with van der Waals surface area (Å²) in [6.07, 6.45) is 7.39. The van der Waals surface area contributed by atoms with Crippen LogP contribution in [0, 0.1) is 5.92 Å². The first-order valence-corrected chi connectivity index (χ1v) is 7.66. The van der Waals surface area contributed by atoms with Gasteiger partial charge >= 0.3 is 0 Å². The lowest BCUT2D eigenvalue weighted by Gasteiger charge is -2.09. The Morgan fingerprint density at radius 1 is 1.35 bits per heavy atom. The van der Waals surface area contributed by atoms with Gasteiger partial charge in [0.25, 0.3) is 0 Å². The van der Waals surface area contributed by atoms with Crippen molar-refractivity contribution in [3.63, 3.8) is 0 Å². The van der Waals surface area contributed by atoms with Gasteiger partial charge < -0.3 is 5.32 Å². The minimum atomic E-state index is 0.703. The summed E-state index contributed by atoms with van der Waals surface area (Å²) in [6, 6.07) is 3.87. The third-order valence-electron chi connectivity index (χ3n) is 3.14. The summed E-state index contributed by atoms with van der Waals surface area (Å²) in [5, 5.41) is 5.29. The van der Waals surface area contributed by atoms with Gasteiger partial charge in [0.2, 0.25) is 0 Å². The Labute approximate surface area is 113 Å². The van der Waals surface area contributed by atoms with Crippen LogP contribution in [-0.4, -0.2) is 23.8 Å². The fourth-order valence-electron chi connectivity index (χ4n) is 2.20. The first kappa shape index (κ1) is 13.2. The molecule has 1 aromatic rings. The lowest BCUT2D eigenvalue weighted by atomic mass is 10.1. The normalized spacial score (nSPS) is 16.5. The molecule has 94 valence electrons. The van der Waals surface area contributed by atoms with Gasteiger partial charge in [-0.1, -0.05) is 24.4 Å². The number of hydrogen-bond donors (Lipinski definition) is 1. The molecule has 0 amide bonds. The van der Waals surface area contributed by atoms with E-state index in [1.165, 1.54) is 32.2 Å². The molecule has 2 rings (SSSR count). The number of aromatic nitrogens is 1. The molecule has 1 N–H and O–H groups in total. The van der Waals surface area contributed by atoms with Crippen molar-refractivity contribution in [2.75, 3.05) is 18.8 Å². The van der Waals surface area contributed by atoms with E-state index >= 15 is 0 Å². The molecule has 0 aliphatic heterocycles. The molecule has 0 aromatic carbocycles. The minimum Gasteiger partial charge on any atom is -0.316 e. The van der Waals surface area contributed by atoms with Crippen LogP contribution < -0.4 is 5.32 Å². The highest BCUT2D eigenvalue weighted by molar-refractivity contribution is 7.99. The molecule has 0 spiro atoms. The van der Waals surface area contributed by atoms with Gasteiger partial charge in [0, 0.05) is 18.5 Å². The molecule has 1 heterocycles. The zero-order valence-corrected chi connectivity index (χ0v) is 11.6. The van der Waals surface area contributed by atoms with Crippen LogP contribution >= 0.6 is 23.4 Å². The summed E-state index contributed by atoms with van der Waals surface area (Å²) in [6.45, 7) is 2.25. The second kappa shape index (κ2) is 7.24. The van der Waals surface area contributed by atoms with Gasteiger partial charge in [0.05, 0.1) is 10.0 Å². The van der Waals surface area contributed by atoms with Crippen molar-refractivity contribution in [1.82, 2.24) is 10.3 Å². The number of thioether (sulfide) groups is 1. The van der Waals surface area contributed by atoms with Crippen molar-refractivity contribution < 1.29 is 0 Å². The second-order valence-electron chi connectivity index (χ2n) is 4.52. The summed E-state index contributed by atoms with van der Waals surface area (Å²) in [5.74, 6) is 2.00. The maximum absolute atomic E-state index is 5.78. The Balaban J connectivity index is 1.55. The van der Waals surface area contributed by atoms with E-state index in [2.05, 4.69) is 10.3 Å². The second-order valence-corrected chi connectivity index (χ2v) is 6.07. The monoisotopic (exact) mass is 270 g/mol. The minimum absolute atomic E-state index is 0.703. The van der Waals surface area contributed by atoms with Gasteiger partial charge in [0.1, 0.15) is 0 Å². The predicted molar refractivity (Wildman–Crippen MR) is 74.8 cm³/mol. The van der Waals surface area contributed by atoms with Crippen LogP contribution in [0.15, 0.2) is 23.4 Å². The number of pyridine rings is 1. The Kier molecular flexibility index (Phi) is 5.62. The van der Waals surface area contributed by atoms with Crippen molar-refractivity contribution in [3.8, 4) is 0 Å². The van der Waals surface area contributed by atoms with E-state index < -0.39 is 0 Å². The van der Waals surface area contributed by atoms with Gasteiger partial charge in [-0.3, -0.25) is 0 Å². The highest BCUT2D eigenvalue weighted by Crippen LogP contribution is 2.23. The summed E-state index contributed by atoms with van der Waals surface area (Å²) in [7, 11) is 0. The first-order chi connectivity index (χ1) is 8.34. The van der Waals surface area contributed by atoms with E-state index in [0.29, 0.717) is 5.02 Å². The summed E-state index contributed by atoms with van der Waals surface area (Å²) in [5.41, 5.74) is 0. The van der Waals surface area contributed by atoms with Crippen LogP contribution in [-0.2, 0) is 0 Å². The van der Waals surface area contributed by atoms with Crippen molar-refractivity contribution in [3.05, 3.63) is 23.4 Å². The topological polar surface area (TPSA) is 24.9 Å². The van der Waals surface area contributed by atoms with Crippen LogP contribution in [0.5, 0.6) is 0 Å². The van der Waals surface area contributed by atoms with Crippen molar-refractivity contribution in [1.29, 1.82) is 0 Å². The molecule has 1 aromatic heterocycles. The Morgan fingerprint density at radius 2 is 2.18 bits per heavy atom. The Morgan fingerprint density at radius 3 is 2.88 bits per heavy atom. The SMILES string of the molecule is Clc1ccc(SCCNCC2CCCC2)nc1. The molecule has 1 saturated carbocycles. The van der Waals surface area contributed by atoms with Gasteiger partial charge in [-0.15, -0.1) is 11.8 Å². The van der Waals surface area contributed by atoms with Crippen LogP contribution in [0.1, 0.15) is 25.7 Å². The highest BCUT2D eigenvalue weighted by Gasteiger charge is 2.13. The van der Waals surface area contributed by atoms with Crippen LogP contribution in [0.25, 0.3) is 0 Å². The largest absolute Gasteiger partial charge is 0.316 e. The van der Waals surface area contributed by atoms with E-state index in [1.807, 2.05) is 12.1 Å². The van der Waals surface area contributed by atoms with E-state index in [1.54, 1.807) is 18.0 Å². The fourth-order valence-corrected chi connectivity index (χ4v) is 3.05. The number of nitrogens with zero attached hydrogens (tertiary/aromatic N) is 1. The third kappa shape index (κ3) is 4.86. The molecule has 17 heavy (non-hydrogen) atoms. The molecular formula is C13H19ClN2S. The number of nitrogens with one attached hydrogen (secondary N) is 1. The lowest BCUT2D eigenvalue weighted by molar-refractivity contribution is 0.500. The van der Waals surface area contributed by atoms with E-state index in [-0.39, 0.29) is 0 Å². The molecule has 0 radical (unpaired) electrons. The zero-order chi connectivity index (χ0) is 11.9. The molecule has 0 atom stereocenters. The van der Waals surface area contributed by atoms with Crippen molar-refractivity contribution in [2.45, 2.75) is 30.7 Å². The van der Waals surface area contributed by atoms with E-state index in [0.717, 1.165) is 23.2 Å². The van der Waals surface area contributed by atoms with E-state index in [9.17, 15) is 0 Å². The summed E-state index contributed by atoms with van der Waals surface area (Å²) in [4.78, 5) is 4.26. The number of halogens is 1. The first-order valence-electron chi connectivity index (χ1n) is 6.29. The molecular weight excluding hydrogens is 252 g/mol. The van der Waals surface area contributed by atoms with Crippen LogP contribution in [0.4, 0.5) is 0 Å². The maximum Gasteiger partial charge on any atom is 0.0961 e. The summed E-state index contributed by atoms with van der Waals surface area (Å²) >= 11 is 7.56. The lowest BCUT2D eigenvalue weighted by Crippen LogP contribution is -2.23. The fraction of sp³-hybridized carbons (Fsp3) is 0.615. The summed E-state index contributed by atoms with van der Waals surface area (Å²) < 4.78 is 0. The third-order valence-corrected chi connectivity index (χ3v) is 4.31. The number of hydrogen-bond acceptors (Lipinski definition) is 3. The van der Waals surface area contributed by atoms with Gasteiger partial charge in [-0.2, -0.15) is 0 Å². The average molecular weight is 271 g/mol. The molecule has 0 bridgehead atoms.